The van der Waals surface area contributed by atoms with Crippen LogP contribution in [0.1, 0.15) is 36.8 Å². The summed E-state index contributed by atoms with van der Waals surface area (Å²) >= 11 is 5.93. The molecule has 1 heterocycles. The molecule has 0 radical (unpaired) electrons. The van der Waals surface area contributed by atoms with Crippen LogP contribution >= 0.6 is 11.6 Å². The lowest BCUT2D eigenvalue weighted by Crippen LogP contribution is -2.43. The number of nitrogens with zero attached hydrogens (tertiary/aromatic N) is 1. The zero-order valence-corrected chi connectivity index (χ0v) is 16.7. The number of carbonyl (C=O) groups is 2. The maximum absolute atomic E-state index is 13.2. The normalized spacial score (nSPS) is 15.8. The monoisotopic (exact) mass is 440 g/mol. The molecule has 3 rings (SSSR count). The maximum atomic E-state index is 13.2. The Labute approximate surface area is 176 Å². The third-order valence-electron chi connectivity index (χ3n) is 4.70. The van der Waals surface area contributed by atoms with E-state index in [1.165, 1.54) is 36.4 Å². The number of amides is 3. The summed E-state index contributed by atoms with van der Waals surface area (Å²) in [5.74, 6) is -0.0297. The van der Waals surface area contributed by atoms with Gasteiger partial charge in [0.1, 0.15) is 12.4 Å². The van der Waals surface area contributed by atoms with Gasteiger partial charge in [-0.25, -0.2) is 9.69 Å². The SMILES string of the molecule is O=C1CCCCCNC(=O)N1c1ccc(OCc2c(Cl)cccc2C(F)(F)F)cc1. The Balaban J connectivity index is 1.75. The van der Waals surface area contributed by atoms with Crippen LogP contribution in [0.5, 0.6) is 5.75 Å². The summed E-state index contributed by atoms with van der Waals surface area (Å²) in [6, 6.07) is 9.07. The topological polar surface area (TPSA) is 58.6 Å². The van der Waals surface area contributed by atoms with E-state index in [0.29, 0.717) is 18.7 Å². The lowest BCUT2D eigenvalue weighted by molar-refractivity contribution is -0.138. The van der Waals surface area contributed by atoms with Crippen molar-refractivity contribution < 1.29 is 27.5 Å². The number of ether oxygens (including phenoxy) is 1. The second kappa shape index (κ2) is 9.38. The van der Waals surface area contributed by atoms with E-state index >= 15 is 0 Å². The largest absolute Gasteiger partial charge is 0.489 e. The predicted octanol–water partition coefficient (Wildman–Crippen LogP) is 5.55. The van der Waals surface area contributed by atoms with Gasteiger partial charge in [-0.05, 0) is 49.2 Å². The van der Waals surface area contributed by atoms with Crippen molar-refractivity contribution in [2.75, 3.05) is 11.4 Å². The van der Waals surface area contributed by atoms with E-state index in [9.17, 15) is 22.8 Å². The number of alkyl halides is 3. The quantitative estimate of drug-likeness (QED) is 0.677. The van der Waals surface area contributed by atoms with E-state index < -0.39 is 17.8 Å². The van der Waals surface area contributed by atoms with Crippen LogP contribution in [0, 0.1) is 0 Å². The first-order valence-electron chi connectivity index (χ1n) is 9.45. The van der Waals surface area contributed by atoms with Crippen LogP contribution in [-0.2, 0) is 17.6 Å². The van der Waals surface area contributed by atoms with Gasteiger partial charge in [-0.2, -0.15) is 13.2 Å². The van der Waals surface area contributed by atoms with Gasteiger partial charge in [-0.15, -0.1) is 0 Å². The molecule has 2 aromatic rings. The Hall–Kier alpha value is -2.74. The Bertz CT molecular complexity index is 897. The minimum atomic E-state index is -4.55. The number of hydrogen-bond acceptors (Lipinski definition) is 3. The van der Waals surface area contributed by atoms with Gasteiger partial charge in [-0.1, -0.05) is 24.1 Å². The number of imide groups is 1. The minimum absolute atomic E-state index is 0.0413. The molecule has 3 amide bonds. The summed E-state index contributed by atoms with van der Waals surface area (Å²) in [6.45, 7) is 0.111. The Morgan fingerprint density at radius 1 is 1.03 bits per heavy atom. The molecular weight excluding hydrogens is 421 g/mol. The molecule has 1 aliphatic heterocycles. The van der Waals surface area contributed by atoms with Crippen LogP contribution in [0.25, 0.3) is 0 Å². The van der Waals surface area contributed by atoms with Gasteiger partial charge in [0, 0.05) is 23.6 Å². The zero-order valence-electron chi connectivity index (χ0n) is 16.0. The van der Waals surface area contributed by atoms with Gasteiger partial charge in [0.05, 0.1) is 11.3 Å². The van der Waals surface area contributed by atoms with Crippen LogP contribution < -0.4 is 15.0 Å². The molecule has 0 unspecified atom stereocenters. The van der Waals surface area contributed by atoms with Crippen molar-refractivity contribution in [1.29, 1.82) is 0 Å². The summed E-state index contributed by atoms with van der Waals surface area (Å²) in [4.78, 5) is 25.8. The standard InChI is InChI=1S/C21H20ClF3N2O3/c22-18-6-4-5-17(21(23,24)25)16(18)13-30-15-10-8-14(9-11-15)27-19(28)7-2-1-3-12-26-20(27)29/h4-6,8-11H,1-3,7,12-13H2,(H,26,29). The number of nitrogens with one attached hydrogen (secondary N) is 1. The van der Waals surface area contributed by atoms with Gasteiger partial charge in [-0.3, -0.25) is 4.79 Å². The molecule has 0 bridgehead atoms. The second-order valence-corrected chi connectivity index (χ2v) is 7.23. The van der Waals surface area contributed by atoms with Gasteiger partial charge in [0.2, 0.25) is 5.91 Å². The predicted molar refractivity (Wildman–Crippen MR) is 107 cm³/mol. The first kappa shape index (κ1) is 22.0. The van der Waals surface area contributed by atoms with Crippen LogP contribution in [0.15, 0.2) is 42.5 Å². The molecule has 0 aromatic heterocycles. The highest BCUT2D eigenvalue weighted by Gasteiger charge is 2.34. The van der Waals surface area contributed by atoms with E-state index in [1.807, 2.05) is 0 Å². The highest BCUT2D eigenvalue weighted by Crippen LogP contribution is 2.35. The molecule has 0 atom stereocenters. The third-order valence-corrected chi connectivity index (χ3v) is 5.05. The van der Waals surface area contributed by atoms with E-state index in [-0.39, 0.29) is 35.3 Å². The smallest absolute Gasteiger partial charge is 0.416 e. The number of halogens is 4. The molecule has 0 saturated carbocycles. The maximum Gasteiger partial charge on any atom is 0.416 e. The summed E-state index contributed by atoms with van der Waals surface area (Å²) in [5, 5.41) is 2.66. The molecule has 5 nitrogen and oxygen atoms in total. The summed E-state index contributed by atoms with van der Waals surface area (Å²) in [6.07, 6.45) is -1.93. The Morgan fingerprint density at radius 2 is 1.77 bits per heavy atom. The summed E-state index contributed by atoms with van der Waals surface area (Å²) in [5.41, 5.74) is -0.656. The second-order valence-electron chi connectivity index (χ2n) is 6.82. The molecule has 30 heavy (non-hydrogen) atoms. The van der Waals surface area contributed by atoms with E-state index in [4.69, 9.17) is 16.3 Å². The van der Waals surface area contributed by atoms with E-state index in [2.05, 4.69) is 5.32 Å². The van der Waals surface area contributed by atoms with Crippen molar-refractivity contribution in [2.45, 2.75) is 38.5 Å². The molecule has 2 aromatic carbocycles. The van der Waals surface area contributed by atoms with Gasteiger partial charge in [0.15, 0.2) is 0 Å². The molecule has 9 heteroatoms. The third kappa shape index (κ3) is 5.24. The van der Waals surface area contributed by atoms with Crippen molar-refractivity contribution in [3.05, 3.63) is 58.6 Å². The number of urea groups is 1. The van der Waals surface area contributed by atoms with Crippen molar-refractivity contribution in [3.8, 4) is 5.75 Å². The zero-order chi connectivity index (χ0) is 21.7. The first-order chi connectivity index (χ1) is 14.3. The van der Waals surface area contributed by atoms with Crippen molar-refractivity contribution >= 4 is 29.2 Å². The molecular formula is C21H20ClF3N2O3. The number of carbonyl (C=O) groups excluding carboxylic acids is 2. The molecule has 1 N–H and O–H groups in total. The Morgan fingerprint density at radius 3 is 2.47 bits per heavy atom. The van der Waals surface area contributed by atoms with Gasteiger partial charge in [0.25, 0.3) is 0 Å². The average Bonchev–Trinajstić information content (AvgIpc) is 2.77. The van der Waals surface area contributed by atoms with Crippen LogP contribution in [0.2, 0.25) is 5.02 Å². The summed E-state index contributed by atoms with van der Waals surface area (Å²) < 4.78 is 45.0. The lowest BCUT2D eigenvalue weighted by Gasteiger charge is -2.21. The van der Waals surface area contributed by atoms with E-state index in [0.717, 1.165) is 23.8 Å². The highest BCUT2D eigenvalue weighted by atomic mass is 35.5. The number of rotatable bonds is 4. The number of anilines is 1. The molecule has 0 spiro atoms. The van der Waals surface area contributed by atoms with Crippen LogP contribution in [0.4, 0.5) is 23.7 Å². The van der Waals surface area contributed by atoms with Crippen molar-refractivity contribution in [2.24, 2.45) is 0 Å². The molecule has 0 aliphatic carbocycles. The average molecular weight is 441 g/mol. The van der Waals surface area contributed by atoms with E-state index in [1.54, 1.807) is 0 Å². The number of hydrogen-bond donors (Lipinski definition) is 1. The molecule has 1 fully saturated rings. The fourth-order valence-electron chi connectivity index (χ4n) is 3.16. The minimum Gasteiger partial charge on any atom is -0.489 e. The number of benzene rings is 2. The highest BCUT2D eigenvalue weighted by molar-refractivity contribution is 6.31. The van der Waals surface area contributed by atoms with Crippen molar-refractivity contribution in [3.63, 3.8) is 0 Å². The van der Waals surface area contributed by atoms with Crippen LogP contribution in [0.3, 0.4) is 0 Å². The molecule has 1 aliphatic rings. The fourth-order valence-corrected chi connectivity index (χ4v) is 3.39. The summed E-state index contributed by atoms with van der Waals surface area (Å²) in [7, 11) is 0. The van der Waals surface area contributed by atoms with Crippen molar-refractivity contribution in [1.82, 2.24) is 5.32 Å². The first-order valence-corrected chi connectivity index (χ1v) is 9.83. The fraction of sp³-hybridized carbons (Fsp3) is 0.333. The van der Waals surface area contributed by atoms with Gasteiger partial charge >= 0.3 is 12.2 Å². The molecule has 160 valence electrons. The Kier molecular flexibility index (Phi) is 6.87. The van der Waals surface area contributed by atoms with Gasteiger partial charge < -0.3 is 10.1 Å². The lowest BCUT2D eigenvalue weighted by atomic mass is 10.1. The van der Waals surface area contributed by atoms with Crippen LogP contribution in [-0.4, -0.2) is 18.5 Å². The molecule has 1 saturated heterocycles.